The first-order valence-corrected chi connectivity index (χ1v) is 10.7. The molecule has 0 saturated carbocycles. The number of aromatic amines is 1. The van der Waals surface area contributed by atoms with Crippen LogP contribution < -0.4 is 5.32 Å². The molecule has 2 N–H and O–H groups in total. The number of para-hydroxylation sites is 2. The van der Waals surface area contributed by atoms with Gasteiger partial charge in [-0.2, -0.15) is 0 Å². The van der Waals surface area contributed by atoms with Crippen molar-refractivity contribution in [2.75, 3.05) is 13.1 Å². The summed E-state index contributed by atoms with van der Waals surface area (Å²) < 4.78 is 2.24. The van der Waals surface area contributed by atoms with Gasteiger partial charge in [0.15, 0.2) is 0 Å². The van der Waals surface area contributed by atoms with Crippen molar-refractivity contribution in [1.29, 1.82) is 0 Å². The third-order valence-electron chi connectivity index (χ3n) is 6.05. The fraction of sp³-hybridized carbons (Fsp3) is 0.524. The van der Waals surface area contributed by atoms with Gasteiger partial charge in [0.1, 0.15) is 17.5 Å². The first-order chi connectivity index (χ1) is 14.3. The van der Waals surface area contributed by atoms with Crippen LogP contribution in [0.2, 0.25) is 0 Å². The van der Waals surface area contributed by atoms with Gasteiger partial charge in [0.25, 0.3) is 0 Å². The number of hydrogen-bond donors (Lipinski definition) is 2. The maximum absolute atomic E-state index is 12.8. The number of imidazole rings is 1. The Labute approximate surface area is 169 Å². The van der Waals surface area contributed by atoms with Crippen molar-refractivity contribution < 1.29 is 4.79 Å². The number of aryl methyl sites for hydroxylation is 1. The zero-order chi connectivity index (χ0) is 19.6. The molecule has 1 saturated heterocycles. The predicted octanol–water partition coefficient (Wildman–Crippen LogP) is 2.97. The zero-order valence-electron chi connectivity index (χ0n) is 16.6. The Bertz CT molecular complexity index is 975. The lowest BCUT2D eigenvalue weighted by Crippen LogP contribution is -2.40. The molecule has 2 aliphatic rings. The van der Waals surface area contributed by atoms with Crippen LogP contribution in [-0.4, -0.2) is 48.8 Å². The lowest BCUT2D eigenvalue weighted by atomic mass is 10.2. The van der Waals surface area contributed by atoms with E-state index < -0.39 is 0 Å². The van der Waals surface area contributed by atoms with Gasteiger partial charge in [0.2, 0.25) is 0 Å². The summed E-state index contributed by atoms with van der Waals surface area (Å²) in [6, 6.07) is 7.98. The number of fused-ring (bicyclic) bond motifs is 2. The highest BCUT2D eigenvalue weighted by molar-refractivity contribution is 5.76. The molecule has 29 heavy (non-hydrogen) atoms. The monoisotopic (exact) mass is 393 g/mol. The summed E-state index contributed by atoms with van der Waals surface area (Å²) in [6.45, 7) is 2.32. The molecule has 2 aromatic heterocycles. The molecule has 4 heterocycles. The van der Waals surface area contributed by atoms with Crippen molar-refractivity contribution >= 4 is 17.1 Å². The average molecular weight is 393 g/mol. The van der Waals surface area contributed by atoms with Gasteiger partial charge < -0.3 is 19.8 Å². The van der Waals surface area contributed by atoms with Gasteiger partial charge in [-0.05, 0) is 37.8 Å². The van der Waals surface area contributed by atoms with Crippen LogP contribution in [-0.2, 0) is 19.4 Å². The highest BCUT2D eigenvalue weighted by Crippen LogP contribution is 2.31. The molecule has 3 aromatic rings. The number of nitrogens with one attached hydrogen (secondary N) is 2. The van der Waals surface area contributed by atoms with E-state index in [0.717, 1.165) is 60.9 Å². The van der Waals surface area contributed by atoms with E-state index in [1.54, 1.807) is 0 Å². The summed E-state index contributed by atoms with van der Waals surface area (Å²) >= 11 is 0. The van der Waals surface area contributed by atoms with E-state index in [0.29, 0.717) is 13.0 Å². The Morgan fingerprint density at radius 1 is 1.14 bits per heavy atom. The second-order valence-electron chi connectivity index (χ2n) is 7.97. The van der Waals surface area contributed by atoms with Crippen molar-refractivity contribution in [3.8, 4) is 0 Å². The molecule has 0 bridgehead atoms. The number of likely N-dealkylation sites (tertiary alicyclic amines) is 1. The van der Waals surface area contributed by atoms with Gasteiger partial charge in [-0.15, -0.1) is 10.2 Å². The fourth-order valence-corrected chi connectivity index (χ4v) is 4.54. The summed E-state index contributed by atoms with van der Waals surface area (Å²) in [5.41, 5.74) is 1.96. The lowest BCUT2D eigenvalue weighted by Gasteiger charge is -2.23. The first kappa shape index (κ1) is 18.1. The molecule has 0 radical (unpaired) electrons. The molecule has 8 nitrogen and oxygen atoms in total. The van der Waals surface area contributed by atoms with Gasteiger partial charge in [-0.3, -0.25) is 0 Å². The maximum atomic E-state index is 12.8. The number of amides is 2. The van der Waals surface area contributed by atoms with Crippen molar-refractivity contribution in [3.63, 3.8) is 0 Å². The standard InChI is InChI=1S/C21H27N7O/c29-21(22-12-11-19-26-25-18-10-2-1-5-13-28(18)19)27-14-6-9-17(27)20-23-15-7-3-4-8-16(15)24-20/h3-4,7-8,17H,1-2,5-6,9-14H2,(H,22,29)(H,23,24). The third-order valence-corrected chi connectivity index (χ3v) is 6.05. The minimum absolute atomic E-state index is 0.00626. The third kappa shape index (κ3) is 3.59. The molecule has 0 spiro atoms. The Balaban J connectivity index is 1.22. The van der Waals surface area contributed by atoms with Crippen LogP contribution in [0.1, 0.15) is 55.6 Å². The predicted molar refractivity (Wildman–Crippen MR) is 109 cm³/mol. The van der Waals surface area contributed by atoms with Gasteiger partial charge in [0, 0.05) is 32.5 Å². The number of carbonyl (C=O) groups excluding carboxylic acids is 1. The van der Waals surface area contributed by atoms with Crippen LogP contribution in [0.25, 0.3) is 11.0 Å². The Morgan fingerprint density at radius 3 is 3.00 bits per heavy atom. The number of urea groups is 1. The molecule has 2 aliphatic heterocycles. The number of nitrogens with zero attached hydrogens (tertiary/aromatic N) is 5. The Hall–Kier alpha value is -2.90. The normalized spacial score (nSPS) is 19.3. The fourth-order valence-electron chi connectivity index (χ4n) is 4.54. The van der Waals surface area contributed by atoms with E-state index >= 15 is 0 Å². The van der Waals surface area contributed by atoms with Crippen LogP contribution in [0.4, 0.5) is 4.79 Å². The SMILES string of the molecule is O=C(NCCc1nnc2n1CCCCC2)N1CCCC1c1nc2ccccc2[nH]1. The molecule has 1 aromatic carbocycles. The van der Waals surface area contributed by atoms with E-state index in [1.807, 2.05) is 29.2 Å². The number of H-pyrrole nitrogens is 1. The lowest BCUT2D eigenvalue weighted by molar-refractivity contribution is 0.191. The highest BCUT2D eigenvalue weighted by Gasteiger charge is 2.32. The Morgan fingerprint density at radius 2 is 2.07 bits per heavy atom. The van der Waals surface area contributed by atoms with E-state index in [2.05, 4.69) is 25.1 Å². The molecular formula is C21H27N7O. The van der Waals surface area contributed by atoms with E-state index in [1.165, 1.54) is 19.3 Å². The molecule has 1 atom stereocenters. The molecule has 5 rings (SSSR count). The second-order valence-corrected chi connectivity index (χ2v) is 7.97. The van der Waals surface area contributed by atoms with E-state index in [9.17, 15) is 4.79 Å². The van der Waals surface area contributed by atoms with Gasteiger partial charge in [-0.1, -0.05) is 18.6 Å². The van der Waals surface area contributed by atoms with Crippen LogP contribution in [0.3, 0.4) is 0 Å². The maximum Gasteiger partial charge on any atom is 0.318 e. The minimum Gasteiger partial charge on any atom is -0.340 e. The van der Waals surface area contributed by atoms with E-state index in [-0.39, 0.29) is 12.1 Å². The van der Waals surface area contributed by atoms with Crippen LogP contribution in [0, 0.1) is 0 Å². The first-order valence-electron chi connectivity index (χ1n) is 10.7. The number of hydrogen-bond acceptors (Lipinski definition) is 4. The van der Waals surface area contributed by atoms with Crippen molar-refractivity contribution in [2.45, 2.75) is 57.5 Å². The average Bonchev–Trinajstić information content (AvgIpc) is 3.43. The number of carbonyl (C=O) groups is 1. The summed E-state index contributed by atoms with van der Waals surface area (Å²) in [4.78, 5) is 22.8. The van der Waals surface area contributed by atoms with Crippen molar-refractivity contribution in [3.05, 3.63) is 41.7 Å². The highest BCUT2D eigenvalue weighted by atomic mass is 16.2. The van der Waals surface area contributed by atoms with Gasteiger partial charge in [0.05, 0.1) is 17.1 Å². The smallest absolute Gasteiger partial charge is 0.318 e. The van der Waals surface area contributed by atoms with Crippen molar-refractivity contribution in [1.82, 2.24) is 34.9 Å². The summed E-state index contributed by atoms with van der Waals surface area (Å²) in [7, 11) is 0. The van der Waals surface area contributed by atoms with Gasteiger partial charge in [-0.25, -0.2) is 9.78 Å². The summed E-state index contributed by atoms with van der Waals surface area (Å²) in [6.07, 6.45) is 7.26. The molecule has 1 unspecified atom stereocenters. The summed E-state index contributed by atoms with van der Waals surface area (Å²) in [5, 5.41) is 11.8. The topological polar surface area (TPSA) is 91.7 Å². The zero-order valence-corrected chi connectivity index (χ0v) is 16.6. The number of rotatable bonds is 4. The van der Waals surface area contributed by atoms with Crippen LogP contribution >= 0.6 is 0 Å². The largest absolute Gasteiger partial charge is 0.340 e. The molecule has 2 amide bonds. The molecule has 152 valence electrons. The molecule has 0 aliphatic carbocycles. The Kier molecular flexibility index (Phi) is 4.91. The van der Waals surface area contributed by atoms with Crippen LogP contribution in [0.15, 0.2) is 24.3 Å². The quantitative estimate of drug-likeness (QED) is 0.713. The van der Waals surface area contributed by atoms with Gasteiger partial charge >= 0.3 is 6.03 Å². The molecule has 8 heteroatoms. The number of benzene rings is 1. The molecular weight excluding hydrogens is 366 g/mol. The van der Waals surface area contributed by atoms with Crippen molar-refractivity contribution in [2.24, 2.45) is 0 Å². The van der Waals surface area contributed by atoms with Crippen LogP contribution in [0.5, 0.6) is 0 Å². The minimum atomic E-state index is -0.0245. The second kappa shape index (κ2) is 7.85. The number of aromatic nitrogens is 5. The molecule has 1 fully saturated rings. The van der Waals surface area contributed by atoms with E-state index in [4.69, 9.17) is 4.98 Å². The summed E-state index contributed by atoms with van der Waals surface area (Å²) in [5.74, 6) is 2.95.